The number of nitrogens with two attached hydrogens (primary N) is 1. The molecule has 0 aliphatic heterocycles. The van der Waals surface area contributed by atoms with E-state index in [1.54, 1.807) is 5.01 Å². The standard InChI is InChI=1S/C6H15N3/c1-4-5-6(7)8-9(2)3/h4-5H2,1-3H3,(H2,7,8). The molecule has 9 heavy (non-hydrogen) atoms. The monoisotopic (exact) mass is 129 g/mol. The van der Waals surface area contributed by atoms with Crippen molar-refractivity contribution in [2.45, 2.75) is 19.8 Å². The van der Waals surface area contributed by atoms with Crippen LogP contribution in [-0.4, -0.2) is 24.9 Å². The quantitative estimate of drug-likeness (QED) is 0.345. The molecule has 3 heteroatoms. The average Bonchev–Trinajstić information content (AvgIpc) is 1.63. The van der Waals surface area contributed by atoms with Gasteiger partial charge in [-0.3, -0.25) is 0 Å². The van der Waals surface area contributed by atoms with Gasteiger partial charge in [-0.05, 0) is 6.42 Å². The number of hydrazone groups is 1. The summed E-state index contributed by atoms with van der Waals surface area (Å²) in [6, 6.07) is 0. The van der Waals surface area contributed by atoms with Crippen LogP contribution in [0, 0.1) is 0 Å². The Bertz CT molecular complexity index is 96.5. The number of hydrogen-bond donors (Lipinski definition) is 1. The third-order valence-corrected chi connectivity index (χ3v) is 0.835. The first kappa shape index (κ1) is 8.27. The Balaban J connectivity index is 3.55. The van der Waals surface area contributed by atoms with Crippen LogP contribution in [0.3, 0.4) is 0 Å². The van der Waals surface area contributed by atoms with E-state index in [1.807, 2.05) is 14.1 Å². The van der Waals surface area contributed by atoms with Crippen LogP contribution in [0.1, 0.15) is 19.8 Å². The van der Waals surface area contributed by atoms with Gasteiger partial charge in [-0.25, -0.2) is 0 Å². The molecule has 0 spiro atoms. The van der Waals surface area contributed by atoms with E-state index in [1.165, 1.54) is 0 Å². The summed E-state index contributed by atoms with van der Waals surface area (Å²) < 4.78 is 0. The van der Waals surface area contributed by atoms with Crippen LogP contribution >= 0.6 is 0 Å². The highest BCUT2D eigenvalue weighted by atomic mass is 15.4. The zero-order valence-corrected chi connectivity index (χ0v) is 6.39. The molecule has 0 amide bonds. The molecule has 0 aromatic heterocycles. The molecule has 0 bridgehead atoms. The maximum Gasteiger partial charge on any atom is 0.119 e. The number of nitrogens with zero attached hydrogens (tertiary/aromatic N) is 2. The van der Waals surface area contributed by atoms with Crippen LogP contribution in [-0.2, 0) is 0 Å². The molecule has 3 nitrogen and oxygen atoms in total. The topological polar surface area (TPSA) is 41.6 Å². The molecule has 0 unspecified atom stereocenters. The van der Waals surface area contributed by atoms with Gasteiger partial charge in [0.05, 0.1) is 0 Å². The Hall–Kier alpha value is -0.730. The van der Waals surface area contributed by atoms with E-state index >= 15 is 0 Å². The smallest absolute Gasteiger partial charge is 0.119 e. The largest absolute Gasteiger partial charge is 0.386 e. The number of hydrogen-bond acceptors (Lipinski definition) is 2. The first-order chi connectivity index (χ1) is 4.16. The van der Waals surface area contributed by atoms with E-state index in [0.717, 1.165) is 12.8 Å². The second-order valence-electron chi connectivity index (χ2n) is 2.19. The van der Waals surface area contributed by atoms with Crippen molar-refractivity contribution >= 4 is 5.84 Å². The fraction of sp³-hybridized carbons (Fsp3) is 0.833. The number of amidine groups is 1. The Morgan fingerprint density at radius 1 is 1.56 bits per heavy atom. The fourth-order valence-corrected chi connectivity index (χ4v) is 0.563. The average molecular weight is 129 g/mol. The van der Waals surface area contributed by atoms with Crippen LogP contribution in [0.5, 0.6) is 0 Å². The highest BCUT2D eigenvalue weighted by molar-refractivity contribution is 5.79. The summed E-state index contributed by atoms with van der Waals surface area (Å²) in [5.74, 6) is 0.711. The van der Waals surface area contributed by atoms with Crippen molar-refractivity contribution in [2.24, 2.45) is 10.8 Å². The molecule has 0 radical (unpaired) electrons. The van der Waals surface area contributed by atoms with Gasteiger partial charge >= 0.3 is 0 Å². The van der Waals surface area contributed by atoms with Gasteiger partial charge < -0.3 is 10.7 Å². The second-order valence-corrected chi connectivity index (χ2v) is 2.19. The first-order valence-electron chi connectivity index (χ1n) is 3.17. The summed E-state index contributed by atoms with van der Waals surface area (Å²) in [5, 5.41) is 5.71. The Morgan fingerprint density at radius 2 is 2.11 bits per heavy atom. The van der Waals surface area contributed by atoms with Crippen molar-refractivity contribution < 1.29 is 0 Å². The van der Waals surface area contributed by atoms with E-state index in [4.69, 9.17) is 5.73 Å². The van der Waals surface area contributed by atoms with Crippen LogP contribution in [0.4, 0.5) is 0 Å². The van der Waals surface area contributed by atoms with Crippen LogP contribution in [0.25, 0.3) is 0 Å². The van der Waals surface area contributed by atoms with Crippen molar-refractivity contribution in [1.29, 1.82) is 0 Å². The summed E-state index contributed by atoms with van der Waals surface area (Å²) in [5.41, 5.74) is 5.49. The third kappa shape index (κ3) is 5.14. The van der Waals surface area contributed by atoms with Gasteiger partial charge in [-0.1, -0.05) is 6.92 Å². The molecule has 0 heterocycles. The minimum absolute atomic E-state index is 0.711. The van der Waals surface area contributed by atoms with Gasteiger partial charge in [0.2, 0.25) is 0 Å². The zero-order chi connectivity index (χ0) is 7.28. The maximum absolute atomic E-state index is 5.49. The van der Waals surface area contributed by atoms with Gasteiger partial charge in [-0.15, -0.1) is 0 Å². The molecule has 0 aliphatic rings. The van der Waals surface area contributed by atoms with E-state index in [2.05, 4.69) is 12.0 Å². The van der Waals surface area contributed by atoms with E-state index in [0.29, 0.717) is 5.84 Å². The SMILES string of the molecule is CCC/C(N)=N/N(C)C. The molecule has 0 aromatic rings. The summed E-state index contributed by atoms with van der Waals surface area (Å²) in [7, 11) is 3.73. The lowest BCUT2D eigenvalue weighted by atomic mass is 10.3. The van der Waals surface area contributed by atoms with Crippen molar-refractivity contribution in [3.63, 3.8) is 0 Å². The zero-order valence-electron chi connectivity index (χ0n) is 6.39. The van der Waals surface area contributed by atoms with Gasteiger partial charge in [0.25, 0.3) is 0 Å². The number of rotatable bonds is 3. The van der Waals surface area contributed by atoms with E-state index < -0.39 is 0 Å². The van der Waals surface area contributed by atoms with Crippen molar-refractivity contribution in [1.82, 2.24) is 5.01 Å². The Kier molecular flexibility index (Phi) is 3.84. The van der Waals surface area contributed by atoms with E-state index in [9.17, 15) is 0 Å². The van der Waals surface area contributed by atoms with Gasteiger partial charge in [-0.2, -0.15) is 5.10 Å². The fourth-order valence-electron chi connectivity index (χ4n) is 0.563. The lowest BCUT2D eigenvalue weighted by Crippen LogP contribution is -2.16. The molecular formula is C6H15N3. The molecule has 0 rings (SSSR count). The Labute approximate surface area is 56.5 Å². The summed E-state index contributed by atoms with van der Waals surface area (Å²) in [6.45, 7) is 2.08. The highest BCUT2D eigenvalue weighted by Crippen LogP contribution is 1.86. The van der Waals surface area contributed by atoms with E-state index in [-0.39, 0.29) is 0 Å². The van der Waals surface area contributed by atoms with Gasteiger partial charge in [0.1, 0.15) is 5.84 Å². The van der Waals surface area contributed by atoms with Crippen molar-refractivity contribution in [2.75, 3.05) is 14.1 Å². The maximum atomic E-state index is 5.49. The molecule has 0 saturated carbocycles. The predicted octanol–water partition coefficient (Wildman–Crippen LogP) is 0.620. The molecule has 2 N–H and O–H groups in total. The predicted molar refractivity (Wildman–Crippen MR) is 40.2 cm³/mol. The van der Waals surface area contributed by atoms with Crippen LogP contribution < -0.4 is 5.73 Å². The first-order valence-corrected chi connectivity index (χ1v) is 3.17. The summed E-state index contributed by atoms with van der Waals surface area (Å²) >= 11 is 0. The normalized spacial score (nSPS) is 11.7. The molecule has 0 aliphatic carbocycles. The minimum atomic E-state index is 0.711. The van der Waals surface area contributed by atoms with Crippen molar-refractivity contribution in [3.05, 3.63) is 0 Å². The summed E-state index contributed by atoms with van der Waals surface area (Å²) in [6.07, 6.45) is 1.95. The molecule has 0 saturated heterocycles. The molecule has 0 fully saturated rings. The van der Waals surface area contributed by atoms with Crippen LogP contribution in [0.2, 0.25) is 0 Å². The lowest BCUT2D eigenvalue weighted by molar-refractivity contribution is 0.435. The third-order valence-electron chi connectivity index (χ3n) is 0.835. The van der Waals surface area contributed by atoms with Gasteiger partial charge in [0.15, 0.2) is 0 Å². The summed E-state index contributed by atoms with van der Waals surface area (Å²) in [4.78, 5) is 0. The molecular weight excluding hydrogens is 114 g/mol. The lowest BCUT2D eigenvalue weighted by Gasteiger charge is -2.04. The highest BCUT2D eigenvalue weighted by Gasteiger charge is 1.88. The van der Waals surface area contributed by atoms with Crippen molar-refractivity contribution in [3.8, 4) is 0 Å². The van der Waals surface area contributed by atoms with Crippen LogP contribution in [0.15, 0.2) is 5.10 Å². The molecule has 54 valence electrons. The Morgan fingerprint density at radius 3 is 2.44 bits per heavy atom. The van der Waals surface area contributed by atoms with Gasteiger partial charge in [0, 0.05) is 20.5 Å². The minimum Gasteiger partial charge on any atom is -0.386 e. The second kappa shape index (κ2) is 4.18. The molecule has 0 aromatic carbocycles. The molecule has 0 atom stereocenters.